The number of nitrogens with zero attached hydrogens (tertiary/aromatic N) is 3. The van der Waals surface area contributed by atoms with E-state index in [0.29, 0.717) is 55.8 Å². The van der Waals surface area contributed by atoms with Crippen molar-refractivity contribution in [3.8, 4) is 11.5 Å². The average Bonchev–Trinajstić information content (AvgIpc) is 3.30. The Morgan fingerprint density at radius 3 is 2.61 bits per heavy atom. The number of rotatable bonds is 8. The third-order valence-corrected chi connectivity index (χ3v) is 7.86. The number of aromatic nitrogens is 2. The van der Waals surface area contributed by atoms with Gasteiger partial charge in [-0.3, -0.25) is 14.2 Å². The average molecular weight is 504 g/mol. The van der Waals surface area contributed by atoms with Gasteiger partial charge in [-0.2, -0.15) is 0 Å². The molecule has 0 bridgehead atoms. The highest BCUT2D eigenvalue weighted by Gasteiger charge is 2.26. The zero-order valence-electron chi connectivity index (χ0n) is 20.5. The summed E-state index contributed by atoms with van der Waals surface area (Å²) in [6, 6.07) is 15.9. The van der Waals surface area contributed by atoms with E-state index in [1.165, 1.54) is 16.9 Å². The monoisotopic (exact) mass is 503 g/mol. The quantitative estimate of drug-likeness (QED) is 0.360. The minimum atomic E-state index is -0.0122. The van der Waals surface area contributed by atoms with Crippen molar-refractivity contribution in [3.05, 3.63) is 86.8 Å². The summed E-state index contributed by atoms with van der Waals surface area (Å²) in [6.45, 7) is 1.70. The fourth-order valence-corrected chi connectivity index (χ4v) is 5.92. The lowest BCUT2D eigenvalue weighted by Crippen LogP contribution is -2.35. The van der Waals surface area contributed by atoms with Gasteiger partial charge in [0.15, 0.2) is 11.5 Å². The van der Waals surface area contributed by atoms with Crippen LogP contribution >= 0.6 is 11.3 Å². The van der Waals surface area contributed by atoms with Crippen LogP contribution in [-0.4, -0.2) is 41.1 Å². The minimum absolute atomic E-state index is 0.0122. The van der Waals surface area contributed by atoms with E-state index in [2.05, 4.69) is 17.1 Å². The maximum atomic E-state index is 13.4. The van der Waals surface area contributed by atoms with E-state index in [4.69, 9.17) is 9.47 Å². The molecule has 0 aliphatic carbocycles. The van der Waals surface area contributed by atoms with Crippen LogP contribution in [0.4, 0.5) is 0 Å². The summed E-state index contributed by atoms with van der Waals surface area (Å²) in [6.07, 6.45) is 4.22. The van der Waals surface area contributed by atoms with Crippen molar-refractivity contribution in [3.63, 3.8) is 0 Å². The molecule has 8 heteroatoms. The molecule has 1 aliphatic rings. The lowest BCUT2D eigenvalue weighted by atomic mass is 10.0. The zero-order valence-corrected chi connectivity index (χ0v) is 21.3. The lowest BCUT2D eigenvalue weighted by molar-refractivity contribution is -0.132. The summed E-state index contributed by atoms with van der Waals surface area (Å²) in [7, 11) is 3.22. The zero-order chi connectivity index (χ0) is 25.1. The van der Waals surface area contributed by atoms with Gasteiger partial charge in [0.05, 0.1) is 32.5 Å². The molecule has 7 nitrogen and oxygen atoms in total. The van der Waals surface area contributed by atoms with Gasteiger partial charge in [-0.1, -0.05) is 36.4 Å². The number of hydrogen-bond donors (Lipinski definition) is 0. The van der Waals surface area contributed by atoms with Crippen LogP contribution in [0.15, 0.2) is 59.7 Å². The predicted octanol–water partition coefficient (Wildman–Crippen LogP) is 4.24. The van der Waals surface area contributed by atoms with Crippen molar-refractivity contribution < 1.29 is 14.3 Å². The molecule has 3 heterocycles. The molecule has 0 N–H and O–H groups in total. The number of carbonyl (C=O) groups is 1. The van der Waals surface area contributed by atoms with E-state index >= 15 is 0 Å². The van der Waals surface area contributed by atoms with Crippen molar-refractivity contribution in [1.29, 1.82) is 0 Å². The van der Waals surface area contributed by atoms with Crippen LogP contribution in [0.25, 0.3) is 10.2 Å². The molecule has 1 amide bonds. The number of fused-ring (bicyclic) bond motifs is 3. The molecular formula is C28H29N3O4S. The Morgan fingerprint density at radius 1 is 1.03 bits per heavy atom. The summed E-state index contributed by atoms with van der Waals surface area (Å²) < 4.78 is 12.4. The molecule has 4 aromatic rings. The van der Waals surface area contributed by atoms with E-state index < -0.39 is 0 Å². The number of carbonyl (C=O) groups excluding carboxylic acids is 1. The van der Waals surface area contributed by atoms with E-state index in [0.717, 1.165) is 27.3 Å². The molecule has 0 spiro atoms. The summed E-state index contributed by atoms with van der Waals surface area (Å²) in [5, 5.41) is 0.709. The van der Waals surface area contributed by atoms with E-state index in [9.17, 15) is 9.59 Å². The molecule has 0 radical (unpaired) electrons. The van der Waals surface area contributed by atoms with Crippen molar-refractivity contribution in [2.75, 3.05) is 20.8 Å². The maximum absolute atomic E-state index is 13.4. The van der Waals surface area contributed by atoms with Crippen molar-refractivity contribution in [1.82, 2.24) is 14.5 Å². The second-order valence-electron chi connectivity index (χ2n) is 8.92. The van der Waals surface area contributed by atoms with Gasteiger partial charge in [0, 0.05) is 24.4 Å². The van der Waals surface area contributed by atoms with Gasteiger partial charge in [0.1, 0.15) is 4.83 Å². The number of hydrogen-bond acceptors (Lipinski definition) is 6. The number of amides is 1. The smallest absolute Gasteiger partial charge is 0.262 e. The van der Waals surface area contributed by atoms with Gasteiger partial charge in [-0.15, -0.1) is 11.3 Å². The van der Waals surface area contributed by atoms with Gasteiger partial charge in [-0.25, -0.2) is 4.98 Å². The van der Waals surface area contributed by atoms with E-state index in [1.54, 1.807) is 25.1 Å². The molecular weight excluding hydrogens is 474 g/mol. The fraction of sp³-hybridized carbons (Fsp3) is 0.321. The summed E-state index contributed by atoms with van der Waals surface area (Å²) in [5.74, 6) is 1.51. The van der Waals surface area contributed by atoms with E-state index in [-0.39, 0.29) is 11.5 Å². The minimum Gasteiger partial charge on any atom is -0.493 e. The normalized spacial score (nSPS) is 13.0. The number of methoxy groups -OCH3 is 2. The second-order valence-corrected chi connectivity index (χ2v) is 10.0. The van der Waals surface area contributed by atoms with Crippen molar-refractivity contribution in [2.45, 2.75) is 38.8 Å². The first-order valence-electron chi connectivity index (χ1n) is 12.1. The Morgan fingerprint density at radius 2 is 1.83 bits per heavy atom. The Labute approximate surface area is 213 Å². The molecule has 2 aromatic heterocycles. The van der Waals surface area contributed by atoms with Crippen molar-refractivity contribution in [2.24, 2.45) is 0 Å². The van der Waals surface area contributed by atoms with Crippen LogP contribution in [0.1, 0.15) is 28.0 Å². The van der Waals surface area contributed by atoms with Crippen LogP contribution in [0.2, 0.25) is 0 Å². The number of thiophene rings is 1. The molecule has 36 heavy (non-hydrogen) atoms. The third-order valence-electron chi connectivity index (χ3n) is 6.74. The molecule has 2 aromatic carbocycles. The Hall–Kier alpha value is -3.65. The van der Waals surface area contributed by atoms with Crippen LogP contribution in [-0.2, 0) is 37.1 Å². The fourth-order valence-electron chi connectivity index (χ4n) is 4.73. The molecule has 1 aliphatic heterocycles. The first kappa shape index (κ1) is 24.1. The van der Waals surface area contributed by atoms with Gasteiger partial charge in [0.25, 0.3) is 5.56 Å². The van der Waals surface area contributed by atoms with Gasteiger partial charge < -0.3 is 14.4 Å². The Balaban J connectivity index is 1.30. The first-order valence-corrected chi connectivity index (χ1v) is 12.9. The van der Waals surface area contributed by atoms with Crippen LogP contribution in [0.3, 0.4) is 0 Å². The topological polar surface area (TPSA) is 73.7 Å². The van der Waals surface area contributed by atoms with Crippen LogP contribution < -0.4 is 15.0 Å². The summed E-state index contributed by atoms with van der Waals surface area (Å²) in [4.78, 5) is 34.6. The van der Waals surface area contributed by atoms with Crippen molar-refractivity contribution >= 4 is 27.5 Å². The standard InChI is InChI=1S/C28H29N3O4S/c1-34-22-10-8-20(16-23(22)35-2)12-14-31-18-29-27-26(28(31)33)21-13-15-30(17-24(21)36-27)25(32)11-9-19-6-4-3-5-7-19/h3-8,10,16,18H,9,11-15,17H2,1-2H3. The van der Waals surface area contributed by atoms with Crippen LogP contribution in [0.5, 0.6) is 11.5 Å². The highest BCUT2D eigenvalue weighted by molar-refractivity contribution is 7.18. The number of aryl methyl sites for hydroxylation is 3. The molecule has 0 fully saturated rings. The third kappa shape index (κ3) is 4.86. The highest BCUT2D eigenvalue weighted by atomic mass is 32.1. The Bertz CT molecular complexity index is 1440. The maximum Gasteiger partial charge on any atom is 0.262 e. The molecule has 0 saturated heterocycles. The lowest BCUT2D eigenvalue weighted by Gasteiger charge is -2.27. The largest absolute Gasteiger partial charge is 0.493 e. The summed E-state index contributed by atoms with van der Waals surface area (Å²) >= 11 is 1.53. The highest BCUT2D eigenvalue weighted by Crippen LogP contribution is 2.33. The predicted molar refractivity (Wildman–Crippen MR) is 141 cm³/mol. The summed E-state index contributed by atoms with van der Waals surface area (Å²) in [5.41, 5.74) is 3.27. The number of ether oxygens (including phenoxy) is 2. The van der Waals surface area contributed by atoms with Crippen LogP contribution in [0, 0.1) is 0 Å². The molecule has 0 saturated carbocycles. The van der Waals surface area contributed by atoms with E-state index in [1.807, 2.05) is 41.3 Å². The number of benzene rings is 2. The second kappa shape index (κ2) is 10.5. The Kier molecular flexibility index (Phi) is 7.04. The molecule has 0 atom stereocenters. The van der Waals surface area contributed by atoms with Gasteiger partial charge >= 0.3 is 0 Å². The molecule has 186 valence electrons. The molecule has 5 rings (SSSR count). The first-order chi connectivity index (χ1) is 17.6. The molecule has 0 unspecified atom stereocenters. The van der Waals surface area contributed by atoms with Gasteiger partial charge in [0.2, 0.25) is 5.91 Å². The SMILES string of the molecule is COc1ccc(CCn2cnc3sc4c(c3c2=O)CCN(C(=O)CCc2ccccc2)C4)cc1OC. The van der Waals surface area contributed by atoms with Gasteiger partial charge in [-0.05, 0) is 48.1 Å².